The molecule has 108 valence electrons. The van der Waals surface area contributed by atoms with Crippen molar-refractivity contribution in [1.29, 1.82) is 0 Å². The first-order chi connectivity index (χ1) is 10.9. The van der Waals surface area contributed by atoms with Gasteiger partial charge in [0.1, 0.15) is 11.5 Å². The summed E-state index contributed by atoms with van der Waals surface area (Å²) in [6.45, 7) is 0. The van der Waals surface area contributed by atoms with Gasteiger partial charge in [0.25, 0.3) is 0 Å². The number of hydrogen-bond acceptors (Lipinski definition) is 2. The number of ether oxygens (including phenoxy) is 1. The first-order valence-corrected chi connectivity index (χ1v) is 7.49. The molecule has 0 saturated heterocycles. The quantitative estimate of drug-likeness (QED) is 0.385. The number of azide groups is 1. The molecule has 4 heteroatoms. The van der Waals surface area contributed by atoms with Crippen molar-refractivity contribution in [3.05, 3.63) is 70.1 Å². The molecule has 22 heavy (non-hydrogen) atoms. The number of rotatable bonds is 1. The van der Waals surface area contributed by atoms with E-state index in [1.54, 1.807) is 0 Å². The fourth-order valence-corrected chi connectivity index (χ4v) is 3.39. The Balaban J connectivity index is 1.95. The summed E-state index contributed by atoms with van der Waals surface area (Å²) in [7, 11) is 0. The summed E-state index contributed by atoms with van der Waals surface area (Å²) >= 11 is 0. The molecule has 1 unspecified atom stereocenters. The maximum Gasteiger partial charge on any atom is 0.134 e. The average Bonchev–Trinajstić information content (AvgIpc) is 2.69. The van der Waals surface area contributed by atoms with Gasteiger partial charge in [-0.2, -0.15) is 0 Å². The van der Waals surface area contributed by atoms with Crippen LogP contribution in [-0.2, 0) is 0 Å². The SMILES string of the molecule is [N-]=[N+]=NC1CCC2=C(C1)c1ccccc1Oc1ccccc12. The van der Waals surface area contributed by atoms with Crippen LogP contribution in [0, 0.1) is 0 Å². The van der Waals surface area contributed by atoms with E-state index in [1.165, 1.54) is 11.1 Å². The molecule has 2 aliphatic rings. The molecule has 0 bridgehead atoms. The van der Waals surface area contributed by atoms with Crippen LogP contribution in [0.1, 0.15) is 30.4 Å². The third-order valence-electron chi connectivity index (χ3n) is 4.39. The molecule has 0 fully saturated rings. The first-order valence-electron chi connectivity index (χ1n) is 7.49. The molecule has 0 aromatic heterocycles. The Morgan fingerprint density at radius 2 is 1.59 bits per heavy atom. The molecule has 4 rings (SSSR count). The van der Waals surface area contributed by atoms with E-state index in [-0.39, 0.29) is 6.04 Å². The molecule has 1 heterocycles. The highest BCUT2D eigenvalue weighted by Gasteiger charge is 2.28. The van der Waals surface area contributed by atoms with Gasteiger partial charge in [0.15, 0.2) is 0 Å². The van der Waals surface area contributed by atoms with E-state index in [4.69, 9.17) is 10.3 Å². The van der Waals surface area contributed by atoms with Crippen LogP contribution in [-0.4, -0.2) is 6.04 Å². The molecule has 0 radical (unpaired) electrons. The van der Waals surface area contributed by atoms with Crippen LogP contribution in [0.15, 0.2) is 53.6 Å². The van der Waals surface area contributed by atoms with Crippen LogP contribution in [0.4, 0.5) is 0 Å². The Hall–Kier alpha value is -2.71. The maximum absolute atomic E-state index is 8.74. The van der Waals surface area contributed by atoms with E-state index in [2.05, 4.69) is 22.2 Å². The Labute approximate surface area is 128 Å². The minimum Gasteiger partial charge on any atom is -0.456 e. The summed E-state index contributed by atoms with van der Waals surface area (Å²) in [6.07, 6.45) is 2.57. The molecule has 1 aliphatic heterocycles. The Morgan fingerprint density at radius 1 is 0.955 bits per heavy atom. The van der Waals surface area contributed by atoms with Crippen LogP contribution >= 0.6 is 0 Å². The fraction of sp³-hybridized carbons (Fsp3) is 0.222. The number of benzene rings is 2. The van der Waals surface area contributed by atoms with Crippen LogP contribution < -0.4 is 4.74 Å². The van der Waals surface area contributed by atoms with Crippen LogP contribution in [0.25, 0.3) is 21.6 Å². The normalized spacial score (nSPS) is 19.0. The predicted molar refractivity (Wildman–Crippen MR) is 86.6 cm³/mol. The lowest BCUT2D eigenvalue weighted by Gasteiger charge is -2.24. The van der Waals surface area contributed by atoms with E-state index >= 15 is 0 Å². The lowest BCUT2D eigenvalue weighted by Crippen LogP contribution is -2.11. The topological polar surface area (TPSA) is 58.0 Å². The number of nitrogens with zero attached hydrogens (tertiary/aromatic N) is 3. The maximum atomic E-state index is 8.74. The molecule has 2 aromatic carbocycles. The molecule has 4 nitrogen and oxygen atoms in total. The molecular weight excluding hydrogens is 274 g/mol. The predicted octanol–water partition coefficient (Wildman–Crippen LogP) is 5.57. The molecular formula is C18H15N3O. The Morgan fingerprint density at radius 3 is 2.27 bits per heavy atom. The van der Waals surface area contributed by atoms with Crippen LogP contribution in [0.3, 0.4) is 0 Å². The third kappa shape index (κ3) is 2.05. The molecule has 1 aliphatic carbocycles. The van der Waals surface area contributed by atoms with Gasteiger partial charge in [0.2, 0.25) is 0 Å². The first kappa shape index (κ1) is 13.0. The summed E-state index contributed by atoms with van der Waals surface area (Å²) in [5, 5.41) is 3.94. The summed E-state index contributed by atoms with van der Waals surface area (Å²) < 4.78 is 6.14. The molecule has 0 amide bonds. The highest BCUT2D eigenvalue weighted by Crippen LogP contribution is 2.48. The van der Waals surface area contributed by atoms with Crippen LogP contribution in [0.5, 0.6) is 11.5 Å². The minimum absolute atomic E-state index is 0.0297. The van der Waals surface area contributed by atoms with Gasteiger partial charge in [-0.15, -0.1) is 0 Å². The van der Waals surface area contributed by atoms with Crippen molar-refractivity contribution in [1.82, 2.24) is 0 Å². The van der Waals surface area contributed by atoms with Crippen molar-refractivity contribution >= 4 is 11.1 Å². The van der Waals surface area contributed by atoms with Crippen molar-refractivity contribution in [2.75, 3.05) is 0 Å². The third-order valence-corrected chi connectivity index (χ3v) is 4.39. The number of allylic oxidation sites excluding steroid dienone is 1. The van der Waals surface area contributed by atoms with Gasteiger partial charge < -0.3 is 4.74 Å². The molecule has 0 spiro atoms. The largest absolute Gasteiger partial charge is 0.456 e. The lowest BCUT2D eigenvalue weighted by atomic mass is 9.82. The van der Waals surface area contributed by atoms with Gasteiger partial charge in [-0.25, -0.2) is 0 Å². The molecule has 0 saturated carbocycles. The summed E-state index contributed by atoms with van der Waals surface area (Å²) in [6, 6.07) is 16.3. The average molecular weight is 289 g/mol. The van der Waals surface area contributed by atoms with Crippen molar-refractivity contribution in [2.24, 2.45) is 5.11 Å². The lowest BCUT2D eigenvalue weighted by molar-refractivity contribution is 0.481. The Kier molecular flexibility index (Phi) is 3.10. The second kappa shape index (κ2) is 5.24. The van der Waals surface area contributed by atoms with Crippen molar-refractivity contribution in [2.45, 2.75) is 25.3 Å². The summed E-state index contributed by atoms with van der Waals surface area (Å²) in [5.74, 6) is 1.78. The van der Waals surface area contributed by atoms with Gasteiger partial charge in [-0.1, -0.05) is 41.5 Å². The van der Waals surface area contributed by atoms with E-state index in [1.807, 2.05) is 36.4 Å². The molecule has 2 aromatic rings. The minimum atomic E-state index is 0.0297. The van der Waals surface area contributed by atoms with Gasteiger partial charge in [-0.05, 0) is 48.1 Å². The molecule has 0 N–H and O–H groups in total. The monoisotopic (exact) mass is 289 g/mol. The highest BCUT2D eigenvalue weighted by molar-refractivity contribution is 5.96. The number of fused-ring (bicyclic) bond motifs is 4. The van der Waals surface area contributed by atoms with E-state index in [0.717, 1.165) is 41.9 Å². The highest BCUT2D eigenvalue weighted by atomic mass is 16.5. The zero-order valence-corrected chi connectivity index (χ0v) is 12.1. The van der Waals surface area contributed by atoms with Crippen LogP contribution in [0.2, 0.25) is 0 Å². The Bertz CT molecular complexity index is 819. The molecule has 1 atom stereocenters. The second-order valence-corrected chi connectivity index (χ2v) is 5.65. The smallest absolute Gasteiger partial charge is 0.134 e. The zero-order chi connectivity index (χ0) is 14.9. The number of para-hydroxylation sites is 2. The van der Waals surface area contributed by atoms with E-state index in [9.17, 15) is 0 Å². The van der Waals surface area contributed by atoms with Crippen molar-refractivity contribution < 1.29 is 4.74 Å². The summed E-state index contributed by atoms with van der Waals surface area (Å²) in [4.78, 5) is 2.99. The van der Waals surface area contributed by atoms with E-state index < -0.39 is 0 Å². The zero-order valence-electron chi connectivity index (χ0n) is 12.1. The van der Waals surface area contributed by atoms with Crippen molar-refractivity contribution in [3.63, 3.8) is 0 Å². The van der Waals surface area contributed by atoms with Gasteiger partial charge >= 0.3 is 0 Å². The van der Waals surface area contributed by atoms with E-state index in [0.29, 0.717) is 0 Å². The fourth-order valence-electron chi connectivity index (χ4n) is 3.39. The number of hydrogen-bond donors (Lipinski definition) is 0. The van der Waals surface area contributed by atoms with Gasteiger partial charge in [0, 0.05) is 22.1 Å². The standard InChI is InChI=1S/C18H15N3O/c19-21-20-12-9-10-13-14-5-1-3-7-17(14)22-18-8-4-2-6-15(18)16(13)11-12/h1-8,12H,9-11H2. The van der Waals surface area contributed by atoms with Gasteiger partial charge in [-0.3, -0.25) is 0 Å². The second-order valence-electron chi connectivity index (χ2n) is 5.65. The van der Waals surface area contributed by atoms with Gasteiger partial charge in [0.05, 0.1) is 0 Å². The summed E-state index contributed by atoms with van der Waals surface area (Å²) in [5.41, 5.74) is 13.6. The van der Waals surface area contributed by atoms with Crippen molar-refractivity contribution in [3.8, 4) is 11.5 Å².